The number of carboxylic acids is 1. The summed E-state index contributed by atoms with van der Waals surface area (Å²) < 4.78 is 26.4. The van der Waals surface area contributed by atoms with Crippen LogP contribution in [-0.2, 0) is 14.8 Å². The number of hydrogen-bond donors (Lipinski definition) is 1. The molecule has 0 aliphatic heterocycles. The van der Waals surface area contributed by atoms with Gasteiger partial charge < -0.3 is 5.11 Å². The minimum Gasteiger partial charge on any atom is -0.480 e. The van der Waals surface area contributed by atoms with E-state index >= 15 is 0 Å². The van der Waals surface area contributed by atoms with E-state index in [1.165, 1.54) is 6.07 Å². The number of non-ortho nitro benzene ring substituents is 1. The molecule has 2 aromatic rings. The van der Waals surface area contributed by atoms with Crippen molar-refractivity contribution in [1.82, 2.24) is 0 Å². The molecule has 0 bridgehead atoms. The molecule has 8 nitrogen and oxygen atoms in total. The highest BCUT2D eigenvalue weighted by molar-refractivity contribution is 7.92. The third-order valence-electron chi connectivity index (χ3n) is 3.35. The smallest absolute Gasteiger partial charge is 0.324 e. The van der Waals surface area contributed by atoms with Crippen molar-refractivity contribution in [3.8, 4) is 0 Å². The van der Waals surface area contributed by atoms with Gasteiger partial charge in [0, 0.05) is 17.2 Å². The van der Waals surface area contributed by atoms with Crippen LogP contribution in [0.2, 0.25) is 5.02 Å². The Balaban J connectivity index is 2.57. The molecule has 0 fully saturated rings. The number of aliphatic carboxylic acids is 1. The van der Waals surface area contributed by atoms with Crippen molar-refractivity contribution in [1.29, 1.82) is 0 Å². The highest BCUT2D eigenvalue weighted by atomic mass is 35.5. The van der Waals surface area contributed by atoms with Crippen LogP contribution in [0.25, 0.3) is 0 Å². The molecule has 0 atom stereocenters. The van der Waals surface area contributed by atoms with Crippen molar-refractivity contribution in [2.45, 2.75) is 11.8 Å². The molecular formula is C15H13ClN2O6S. The minimum atomic E-state index is -4.26. The first kappa shape index (κ1) is 18.7. The molecule has 2 rings (SSSR count). The average Bonchev–Trinajstić information content (AvgIpc) is 2.55. The van der Waals surface area contributed by atoms with Crippen LogP contribution in [0.5, 0.6) is 0 Å². The van der Waals surface area contributed by atoms with E-state index in [4.69, 9.17) is 16.7 Å². The standard InChI is InChI=1S/C15H13ClN2O6S/c1-10-2-3-11(16)8-14(10)17(9-15(19)20)25(23,24)13-6-4-12(5-7-13)18(21)22/h2-8H,9H2,1H3,(H,19,20). The lowest BCUT2D eigenvalue weighted by Gasteiger charge is -2.24. The first-order valence-corrected chi connectivity index (χ1v) is 8.70. The first-order valence-electron chi connectivity index (χ1n) is 6.88. The Bertz CT molecular complexity index is 928. The lowest BCUT2D eigenvalue weighted by atomic mass is 10.2. The number of carboxylic acid groups (broad SMARTS) is 1. The third kappa shape index (κ3) is 4.06. The van der Waals surface area contributed by atoms with Gasteiger partial charge in [0.1, 0.15) is 6.54 Å². The van der Waals surface area contributed by atoms with Crippen molar-refractivity contribution < 1.29 is 23.2 Å². The predicted octanol–water partition coefficient (Wildman–Crippen LogP) is 2.84. The van der Waals surface area contributed by atoms with Crippen LogP contribution in [0.15, 0.2) is 47.4 Å². The Morgan fingerprint density at radius 3 is 2.36 bits per heavy atom. The molecule has 0 spiro atoms. The summed E-state index contributed by atoms with van der Waals surface area (Å²) in [4.78, 5) is 20.9. The minimum absolute atomic E-state index is 0.119. The molecule has 132 valence electrons. The first-order chi connectivity index (χ1) is 11.6. The van der Waals surface area contributed by atoms with Gasteiger partial charge >= 0.3 is 5.97 Å². The highest BCUT2D eigenvalue weighted by Crippen LogP contribution is 2.30. The number of anilines is 1. The van der Waals surface area contributed by atoms with Crippen LogP contribution in [0.1, 0.15) is 5.56 Å². The van der Waals surface area contributed by atoms with Crippen LogP contribution >= 0.6 is 11.6 Å². The molecule has 0 aliphatic rings. The number of aryl methyl sites for hydroxylation is 1. The molecule has 0 heterocycles. The van der Waals surface area contributed by atoms with Crippen molar-refractivity contribution in [3.05, 3.63) is 63.2 Å². The normalized spacial score (nSPS) is 11.1. The van der Waals surface area contributed by atoms with E-state index in [0.29, 0.717) is 9.87 Å². The molecule has 0 aliphatic carbocycles. The Labute approximate surface area is 148 Å². The fraction of sp³-hybridized carbons (Fsp3) is 0.133. The predicted molar refractivity (Wildman–Crippen MR) is 91.5 cm³/mol. The van der Waals surface area contributed by atoms with E-state index in [1.807, 2.05) is 0 Å². The lowest BCUT2D eigenvalue weighted by Crippen LogP contribution is -2.36. The summed E-state index contributed by atoms with van der Waals surface area (Å²) in [6.07, 6.45) is 0. The van der Waals surface area contributed by atoms with E-state index in [9.17, 15) is 23.3 Å². The van der Waals surface area contributed by atoms with Crippen molar-refractivity contribution in [2.75, 3.05) is 10.8 Å². The number of sulfonamides is 1. The van der Waals surface area contributed by atoms with E-state index in [-0.39, 0.29) is 21.3 Å². The Hall–Kier alpha value is -2.65. The van der Waals surface area contributed by atoms with Crippen LogP contribution in [0, 0.1) is 17.0 Å². The topological polar surface area (TPSA) is 118 Å². The van der Waals surface area contributed by atoms with Gasteiger partial charge in [0.2, 0.25) is 0 Å². The van der Waals surface area contributed by atoms with Crippen LogP contribution < -0.4 is 4.31 Å². The van der Waals surface area contributed by atoms with E-state index in [0.717, 1.165) is 24.3 Å². The fourth-order valence-corrected chi connectivity index (χ4v) is 3.78. The number of rotatable bonds is 6. The maximum atomic E-state index is 12.9. The number of nitro groups is 1. The second-order valence-corrected chi connectivity index (χ2v) is 7.39. The van der Waals surface area contributed by atoms with Gasteiger partial charge in [0.05, 0.1) is 15.5 Å². The molecule has 0 amide bonds. The summed E-state index contributed by atoms with van der Waals surface area (Å²) in [5.41, 5.74) is 0.354. The van der Waals surface area contributed by atoms with Gasteiger partial charge in [-0.2, -0.15) is 0 Å². The molecule has 2 aromatic carbocycles. The van der Waals surface area contributed by atoms with E-state index in [1.54, 1.807) is 19.1 Å². The largest absolute Gasteiger partial charge is 0.480 e. The lowest BCUT2D eigenvalue weighted by molar-refractivity contribution is -0.384. The van der Waals surface area contributed by atoms with Crippen LogP contribution in [0.3, 0.4) is 0 Å². The molecule has 10 heteroatoms. The second-order valence-electron chi connectivity index (χ2n) is 5.09. The summed E-state index contributed by atoms with van der Waals surface area (Å²) in [5, 5.41) is 20.0. The number of hydrogen-bond acceptors (Lipinski definition) is 5. The summed E-state index contributed by atoms with van der Waals surface area (Å²) in [6, 6.07) is 8.66. The van der Waals surface area contributed by atoms with Crippen molar-refractivity contribution in [3.63, 3.8) is 0 Å². The number of halogens is 1. The van der Waals surface area contributed by atoms with Crippen molar-refractivity contribution >= 4 is 39.0 Å². The summed E-state index contributed by atoms with van der Waals surface area (Å²) in [6.45, 7) is 0.798. The molecule has 1 N–H and O–H groups in total. The van der Waals surface area contributed by atoms with Gasteiger partial charge in [-0.15, -0.1) is 0 Å². The van der Waals surface area contributed by atoms with Crippen LogP contribution in [-0.4, -0.2) is 31.0 Å². The zero-order chi connectivity index (χ0) is 18.8. The SMILES string of the molecule is Cc1ccc(Cl)cc1N(CC(=O)O)S(=O)(=O)c1ccc([N+](=O)[O-])cc1. The maximum Gasteiger partial charge on any atom is 0.324 e. The number of nitro benzene ring substituents is 1. The van der Waals surface area contributed by atoms with E-state index < -0.39 is 27.5 Å². The van der Waals surface area contributed by atoms with E-state index in [2.05, 4.69) is 0 Å². The molecule has 25 heavy (non-hydrogen) atoms. The van der Waals surface area contributed by atoms with Crippen molar-refractivity contribution in [2.24, 2.45) is 0 Å². The summed E-state index contributed by atoms with van der Waals surface area (Å²) >= 11 is 5.91. The van der Waals surface area contributed by atoms with Gasteiger partial charge in [0.25, 0.3) is 15.7 Å². The second kappa shape index (κ2) is 7.08. The molecule has 0 unspecified atom stereocenters. The summed E-state index contributed by atoms with van der Waals surface area (Å²) in [7, 11) is -4.26. The Morgan fingerprint density at radius 1 is 1.24 bits per heavy atom. The Kier molecular flexibility index (Phi) is 5.29. The fourth-order valence-electron chi connectivity index (χ4n) is 2.14. The summed E-state index contributed by atoms with van der Waals surface area (Å²) in [5.74, 6) is -1.36. The molecule has 0 radical (unpaired) electrons. The monoisotopic (exact) mass is 384 g/mol. The van der Waals surface area contributed by atoms with Gasteiger partial charge in [-0.1, -0.05) is 17.7 Å². The zero-order valence-corrected chi connectivity index (χ0v) is 14.5. The quantitative estimate of drug-likeness (QED) is 0.604. The van der Waals surface area contributed by atoms with Gasteiger partial charge in [0.15, 0.2) is 0 Å². The number of benzene rings is 2. The Morgan fingerprint density at radius 2 is 1.84 bits per heavy atom. The number of nitrogens with zero attached hydrogens (tertiary/aromatic N) is 2. The third-order valence-corrected chi connectivity index (χ3v) is 5.36. The molecule has 0 saturated carbocycles. The molecule has 0 aromatic heterocycles. The average molecular weight is 385 g/mol. The molecule has 0 saturated heterocycles. The van der Waals surface area contributed by atoms with Gasteiger partial charge in [-0.05, 0) is 36.8 Å². The number of carbonyl (C=O) groups is 1. The zero-order valence-electron chi connectivity index (χ0n) is 12.9. The maximum absolute atomic E-state index is 12.9. The highest BCUT2D eigenvalue weighted by Gasteiger charge is 2.28. The molecular weight excluding hydrogens is 372 g/mol. The van der Waals surface area contributed by atoms with Gasteiger partial charge in [-0.3, -0.25) is 19.2 Å². The van der Waals surface area contributed by atoms with Crippen LogP contribution in [0.4, 0.5) is 11.4 Å². The van der Waals surface area contributed by atoms with Gasteiger partial charge in [-0.25, -0.2) is 8.42 Å².